The van der Waals surface area contributed by atoms with Crippen LogP contribution in [0, 0.1) is 11.3 Å². The number of nitrogens with zero attached hydrogens (tertiary/aromatic N) is 1. The van der Waals surface area contributed by atoms with Crippen LogP contribution in [0.1, 0.15) is 32.4 Å². The molecule has 0 fully saturated rings. The fourth-order valence-electron chi connectivity index (χ4n) is 1.06. The van der Waals surface area contributed by atoms with Crippen molar-refractivity contribution in [3.63, 3.8) is 0 Å². The molecule has 0 aromatic carbocycles. The molecule has 1 aromatic heterocycles. The molecule has 1 rings (SSSR count). The van der Waals surface area contributed by atoms with Gasteiger partial charge in [-0.1, -0.05) is 0 Å². The van der Waals surface area contributed by atoms with Crippen LogP contribution in [0.15, 0.2) is 23.0 Å². The third-order valence-corrected chi connectivity index (χ3v) is 1.58. The minimum atomic E-state index is -0.293. The molecule has 0 aliphatic carbocycles. The maximum absolute atomic E-state index is 8.91. The first-order valence-electron chi connectivity index (χ1n) is 4.22. The molecular weight excluding hydrogens is 164 g/mol. The van der Waals surface area contributed by atoms with E-state index in [4.69, 9.17) is 9.68 Å². The molecule has 0 radical (unpaired) electrons. The first-order valence-corrected chi connectivity index (χ1v) is 4.22. The highest BCUT2D eigenvalue weighted by molar-refractivity contribution is 5.19. The number of nitriles is 1. The van der Waals surface area contributed by atoms with Crippen molar-refractivity contribution in [3.05, 3.63) is 24.2 Å². The highest BCUT2D eigenvalue weighted by atomic mass is 16.3. The molecule has 0 spiro atoms. The number of hydrogen-bond acceptors (Lipinski definition) is 3. The van der Waals surface area contributed by atoms with Crippen molar-refractivity contribution in [1.82, 2.24) is 5.32 Å². The largest absolute Gasteiger partial charge is 0.472 e. The van der Waals surface area contributed by atoms with Crippen LogP contribution in [0.3, 0.4) is 0 Å². The lowest BCUT2D eigenvalue weighted by Gasteiger charge is -2.23. The van der Waals surface area contributed by atoms with Gasteiger partial charge in [0, 0.05) is 11.1 Å². The highest BCUT2D eigenvalue weighted by Crippen LogP contribution is 2.15. The fourth-order valence-corrected chi connectivity index (χ4v) is 1.06. The van der Waals surface area contributed by atoms with Gasteiger partial charge in [-0.15, -0.1) is 0 Å². The Morgan fingerprint density at radius 2 is 2.23 bits per heavy atom. The summed E-state index contributed by atoms with van der Waals surface area (Å²) in [4.78, 5) is 0. The molecular formula is C10H14N2O. The van der Waals surface area contributed by atoms with Gasteiger partial charge >= 0.3 is 0 Å². The van der Waals surface area contributed by atoms with Crippen LogP contribution in [0.5, 0.6) is 0 Å². The first kappa shape index (κ1) is 9.82. The van der Waals surface area contributed by atoms with Gasteiger partial charge in [0.15, 0.2) is 0 Å². The zero-order valence-corrected chi connectivity index (χ0v) is 8.16. The standard InChI is InChI=1S/C10H14N2O/c1-10(2,3)12-9(6-11)8-4-5-13-7-8/h4-5,7,9,12H,1-3H3. The smallest absolute Gasteiger partial charge is 0.124 e. The predicted molar refractivity (Wildman–Crippen MR) is 50.0 cm³/mol. The zero-order chi connectivity index (χ0) is 9.90. The van der Waals surface area contributed by atoms with Gasteiger partial charge in [-0.25, -0.2) is 0 Å². The number of nitrogens with one attached hydrogen (secondary N) is 1. The van der Waals surface area contributed by atoms with Crippen molar-refractivity contribution < 1.29 is 4.42 Å². The van der Waals surface area contributed by atoms with Crippen molar-refractivity contribution in [1.29, 1.82) is 5.26 Å². The topological polar surface area (TPSA) is 49.0 Å². The lowest BCUT2D eigenvalue weighted by atomic mass is 10.0. The Kier molecular flexibility index (Phi) is 2.74. The van der Waals surface area contributed by atoms with Gasteiger partial charge in [0.25, 0.3) is 0 Å². The van der Waals surface area contributed by atoms with Crippen molar-refractivity contribution in [3.8, 4) is 6.07 Å². The fraction of sp³-hybridized carbons (Fsp3) is 0.500. The summed E-state index contributed by atoms with van der Waals surface area (Å²) in [6.07, 6.45) is 3.16. The molecule has 1 heterocycles. The number of hydrogen-bond donors (Lipinski definition) is 1. The first-order chi connectivity index (χ1) is 6.03. The second-order valence-electron chi connectivity index (χ2n) is 4.01. The van der Waals surface area contributed by atoms with E-state index in [0.29, 0.717) is 0 Å². The van der Waals surface area contributed by atoms with Crippen molar-refractivity contribution in [2.75, 3.05) is 0 Å². The van der Waals surface area contributed by atoms with E-state index in [1.165, 1.54) is 0 Å². The van der Waals surface area contributed by atoms with E-state index in [0.717, 1.165) is 5.56 Å². The Morgan fingerprint density at radius 1 is 1.54 bits per heavy atom. The molecule has 0 saturated heterocycles. The SMILES string of the molecule is CC(C)(C)NC(C#N)c1ccoc1. The van der Waals surface area contributed by atoms with Crippen molar-refractivity contribution in [2.45, 2.75) is 32.4 Å². The molecule has 0 amide bonds. The van der Waals surface area contributed by atoms with Crippen LogP contribution in [-0.2, 0) is 0 Å². The molecule has 1 N–H and O–H groups in total. The third-order valence-electron chi connectivity index (χ3n) is 1.58. The molecule has 3 heteroatoms. The van der Waals surface area contributed by atoms with Crippen LogP contribution in [0.25, 0.3) is 0 Å². The molecule has 1 unspecified atom stereocenters. The van der Waals surface area contributed by atoms with Gasteiger partial charge < -0.3 is 4.42 Å². The molecule has 0 aliphatic heterocycles. The summed E-state index contributed by atoms with van der Waals surface area (Å²) in [5.41, 5.74) is 0.801. The molecule has 0 saturated carbocycles. The lowest BCUT2D eigenvalue weighted by Crippen LogP contribution is -2.38. The summed E-state index contributed by atoms with van der Waals surface area (Å²) < 4.78 is 4.92. The van der Waals surface area contributed by atoms with Crippen LogP contribution in [-0.4, -0.2) is 5.54 Å². The van der Waals surface area contributed by atoms with Gasteiger partial charge in [-0.05, 0) is 26.8 Å². The second kappa shape index (κ2) is 3.63. The quantitative estimate of drug-likeness (QED) is 0.755. The summed E-state index contributed by atoms with van der Waals surface area (Å²) >= 11 is 0. The Hall–Kier alpha value is -1.27. The second-order valence-corrected chi connectivity index (χ2v) is 4.01. The van der Waals surface area contributed by atoms with Gasteiger partial charge in [-0.3, -0.25) is 5.32 Å². The molecule has 0 aliphatic rings. The van der Waals surface area contributed by atoms with E-state index in [-0.39, 0.29) is 11.6 Å². The van der Waals surface area contributed by atoms with Crippen molar-refractivity contribution >= 4 is 0 Å². The minimum Gasteiger partial charge on any atom is -0.472 e. The van der Waals surface area contributed by atoms with E-state index in [1.807, 2.05) is 20.8 Å². The summed E-state index contributed by atoms with van der Waals surface area (Å²) in [7, 11) is 0. The average Bonchev–Trinajstić information content (AvgIpc) is 2.50. The summed E-state index contributed by atoms with van der Waals surface area (Å²) in [5.74, 6) is 0. The van der Waals surface area contributed by atoms with Gasteiger partial charge in [0.2, 0.25) is 0 Å². The van der Waals surface area contributed by atoms with Gasteiger partial charge in [-0.2, -0.15) is 5.26 Å². The Balaban J connectivity index is 2.72. The molecule has 0 bridgehead atoms. The predicted octanol–water partition coefficient (Wildman–Crippen LogP) is 2.23. The van der Waals surface area contributed by atoms with Crippen LogP contribution in [0.2, 0.25) is 0 Å². The normalized spacial score (nSPS) is 13.7. The lowest BCUT2D eigenvalue weighted by molar-refractivity contribution is 0.399. The minimum absolute atomic E-state index is 0.0718. The van der Waals surface area contributed by atoms with Crippen LogP contribution >= 0.6 is 0 Å². The Bertz CT molecular complexity index is 290. The Morgan fingerprint density at radius 3 is 2.62 bits per heavy atom. The highest BCUT2D eigenvalue weighted by Gasteiger charge is 2.18. The van der Waals surface area contributed by atoms with E-state index < -0.39 is 0 Å². The molecule has 70 valence electrons. The van der Waals surface area contributed by atoms with E-state index >= 15 is 0 Å². The maximum atomic E-state index is 8.91. The van der Waals surface area contributed by atoms with Gasteiger partial charge in [0.05, 0.1) is 18.6 Å². The average molecular weight is 178 g/mol. The zero-order valence-electron chi connectivity index (χ0n) is 8.16. The third kappa shape index (κ3) is 2.92. The van der Waals surface area contributed by atoms with Crippen molar-refractivity contribution in [2.24, 2.45) is 0 Å². The Labute approximate surface area is 78.4 Å². The van der Waals surface area contributed by atoms with E-state index in [2.05, 4.69) is 11.4 Å². The number of furan rings is 1. The maximum Gasteiger partial charge on any atom is 0.124 e. The monoisotopic (exact) mass is 178 g/mol. The van der Waals surface area contributed by atoms with Crippen LogP contribution in [0.4, 0.5) is 0 Å². The van der Waals surface area contributed by atoms with Gasteiger partial charge in [0.1, 0.15) is 6.04 Å². The van der Waals surface area contributed by atoms with E-state index in [1.54, 1.807) is 18.6 Å². The molecule has 1 atom stereocenters. The van der Waals surface area contributed by atoms with Crippen LogP contribution < -0.4 is 5.32 Å². The molecule has 3 nitrogen and oxygen atoms in total. The summed E-state index contributed by atoms with van der Waals surface area (Å²) in [5, 5.41) is 12.1. The molecule has 1 aromatic rings. The number of rotatable bonds is 2. The molecule has 13 heavy (non-hydrogen) atoms. The summed E-state index contributed by atoms with van der Waals surface area (Å²) in [6.45, 7) is 6.08. The summed E-state index contributed by atoms with van der Waals surface area (Å²) in [6, 6.07) is 3.70. The van der Waals surface area contributed by atoms with E-state index in [9.17, 15) is 0 Å².